The monoisotopic (exact) mass is 332 g/mol. The molecule has 7 heteroatoms. The van der Waals surface area contributed by atoms with E-state index in [1.807, 2.05) is 0 Å². The van der Waals surface area contributed by atoms with Gasteiger partial charge in [-0.3, -0.25) is 14.4 Å². The minimum absolute atomic E-state index is 0.100. The summed E-state index contributed by atoms with van der Waals surface area (Å²) in [5.41, 5.74) is 5.90. The molecular formula is C17H24N4O3. The quantitative estimate of drug-likeness (QED) is 0.680. The van der Waals surface area contributed by atoms with Gasteiger partial charge in [0.1, 0.15) is 0 Å². The number of hydrogen-bond donors (Lipinski definition) is 3. The molecule has 0 fully saturated rings. The molecular weight excluding hydrogens is 308 g/mol. The van der Waals surface area contributed by atoms with Crippen LogP contribution in [0.5, 0.6) is 0 Å². The Morgan fingerprint density at radius 3 is 2.62 bits per heavy atom. The molecule has 1 heterocycles. The fourth-order valence-corrected chi connectivity index (χ4v) is 2.79. The van der Waals surface area contributed by atoms with E-state index in [1.165, 1.54) is 4.57 Å². The van der Waals surface area contributed by atoms with E-state index < -0.39 is 11.1 Å². The zero-order chi connectivity index (χ0) is 17.9. The van der Waals surface area contributed by atoms with Crippen molar-refractivity contribution in [2.45, 2.75) is 39.8 Å². The van der Waals surface area contributed by atoms with Crippen LogP contribution in [0.2, 0.25) is 0 Å². The molecule has 0 spiro atoms. The van der Waals surface area contributed by atoms with E-state index in [9.17, 15) is 14.4 Å². The smallest absolute Gasteiger partial charge is 0.316 e. The predicted octanol–water partition coefficient (Wildman–Crippen LogP) is 0.813. The fraction of sp³-hybridized carbons (Fsp3) is 0.471. The van der Waals surface area contributed by atoms with Crippen LogP contribution in [0.4, 0.5) is 0 Å². The summed E-state index contributed by atoms with van der Waals surface area (Å²) < 4.78 is 1.39. The average molecular weight is 332 g/mol. The molecule has 1 aromatic heterocycles. The zero-order valence-electron chi connectivity index (χ0n) is 14.3. The maximum atomic E-state index is 12.4. The second-order valence-corrected chi connectivity index (χ2v) is 6.27. The molecule has 0 aliphatic heterocycles. The van der Waals surface area contributed by atoms with Crippen molar-refractivity contribution in [3.8, 4) is 0 Å². The zero-order valence-corrected chi connectivity index (χ0v) is 14.3. The van der Waals surface area contributed by atoms with Crippen LogP contribution < -0.4 is 22.2 Å². The number of amides is 1. The van der Waals surface area contributed by atoms with Gasteiger partial charge in [-0.1, -0.05) is 13.8 Å². The van der Waals surface area contributed by atoms with E-state index in [1.54, 1.807) is 25.1 Å². The SMILES string of the molecule is CCn1c(=O)c(=O)[nH]c2cc(C(=O)NC(CN)CC(C)C)ccc21. The van der Waals surface area contributed by atoms with Crippen molar-refractivity contribution in [2.24, 2.45) is 11.7 Å². The average Bonchev–Trinajstić information content (AvgIpc) is 2.54. The molecule has 4 N–H and O–H groups in total. The minimum atomic E-state index is -0.693. The highest BCUT2D eigenvalue weighted by Crippen LogP contribution is 2.12. The number of aromatic nitrogens is 2. The van der Waals surface area contributed by atoms with Gasteiger partial charge in [0.2, 0.25) is 0 Å². The standard InChI is InChI=1S/C17H24N4O3/c1-4-21-14-6-5-11(8-13(14)20-16(23)17(21)24)15(22)19-12(9-18)7-10(2)3/h5-6,8,10,12H,4,7,9,18H2,1-3H3,(H,19,22)(H,20,23). The third kappa shape index (κ3) is 3.73. The van der Waals surface area contributed by atoms with Gasteiger partial charge in [0.15, 0.2) is 0 Å². The summed E-state index contributed by atoms with van der Waals surface area (Å²) in [6, 6.07) is 4.80. The van der Waals surface area contributed by atoms with Gasteiger partial charge in [-0.05, 0) is 37.5 Å². The second kappa shape index (κ2) is 7.44. The first-order valence-corrected chi connectivity index (χ1v) is 8.15. The molecule has 2 aromatic rings. The van der Waals surface area contributed by atoms with Crippen LogP contribution in [-0.2, 0) is 6.54 Å². The number of carbonyl (C=O) groups excluding carboxylic acids is 1. The van der Waals surface area contributed by atoms with Gasteiger partial charge in [0.25, 0.3) is 5.91 Å². The first-order chi connectivity index (χ1) is 11.4. The Bertz CT molecular complexity index is 851. The fourth-order valence-electron chi connectivity index (χ4n) is 2.79. The molecule has 0 aliphatic carbocycles. The normalized spacial score (nSPS) is 12.5. The molecule has 2 rings (SSSR count). The van der Waals surface area contributed by atoms with E-state index in [2.05, 4.69) is 24.1 Å². The van der Waals surface area contributed by atoms with Crippen LogP contribution >= 0.6 is 0 Å². The topological polar surface area (TPSA) is 110 Å². The summed E-state index contributed by atoms with van der Waals surface area (Å²) in [6.07, 6.45) is 0.794. The Morgan fingerprint density at radius 1 is 1.33 bits per heavy atom. The Kier molecular flexibility index (Phi) is 5.56. The lowest BCUT2D eigenvalue weighted by molar-refractivity contribution is 0.0934. The van der Waals surface area contributed by atoms with Crippen LogP contribution in [0.1, 0.15) is 37.6 Å². The molecule has 1 aromatic carbocycles. The lowest BCUT2D eigenvalue weighted by Crippen LogP contribution is -2.41. The number of nitrogens with zero attached hydrogens (tertiary/aromatic N) is 1. The van der Waals surface area contributed by atoms with E-state index in [-0.39, 0.29) is 11.9 Å². The summed E-state index contributed by atoms with van der Waals surface area (Å²) >= 11 is 0. The Labute approximate surface area is 139 Å². The van der Waals surface area contributed by atoms with Crippen molar-refractivity contribution in [3.05, 3.63) is 44.5 Å². The molecule has 0 bridgehead atoms. The highest BCUT2D eigenvalue weighted by molar-refractivity contribution is 5.97. The van der Waals surface area contributed by atoms with Crippen molar-refractivity contribution in [1.29, 1.82) is 0 Å². The van der Waals surface area contributed by atoms with Gasteiger partial charge in [-0.25, -0.2) is 0 Å². The third-order valence-electron chi connectivity index (χ3n) is 3.93. The summed E-state index contributed by atoms with van der Waals surface area (Å²) in [7, 11) is 0. The van der Waals surface area contributed by atoms with Crippen LogP contribution in [-0.4, -0.2) is 28.0 Å². The summed E-state index contributed by atoms with van der Waals surface area (Å²) in [5.74, 6) is 0.175. The first kappa shape index (κ1) is 17.9. The van der Waals surface area contributed by atoms with Gasteiger partial charge in [-0.15, -0.1) is 0 Å². The molecule has 0 saturated heterocycles. The van der Waals surface area contributed by atoms with Gasteiger partial charge >= 0.3 is 11.1 Å². The highest BCUT2D eigenvalue weighted by Gasteiger charge is 2.15. The number of rotatable bonds is 6. The molecule has 7 nitrogen and oxygen atoms in total. The van der Waals surface area contributed by atoms with Crippen LogP contribution in [0.3, 0.4) is 0 Å². The first-order valence-electron chi connectivity index (χ1n) is 8.15. The van der Waals surface area contributed by atoms with Crippen molar-refractivity contribution in [1.82, 2.24) is 14.9 Å². The molecule has 1 amide bonds. The van der Waals surface area contributed by atoms with Crippen molar-refractivity contribution >= 4 is 16.9 Å². The number of hydrogen-bond acceptors (Lipinski definition) is 4. The van der Waals surface area contributed by atoms with Crippen LogP contribution in [0.25, 0.3) is 11.0 Å². The molecule has 1 atom stereocenters. The Morgan fingerprint density at radius 2 is 2.04 bits per heavy atom. The van der Waals surface area contributed by atoms with Gasteiger partial charge < -0.3 is 20.6 Å². The number of nitrogens with two attached hydrogens (primary N) is 1. The van der Waals surface area contributed by atoms with Crippen LogP contribution in [0.15, 0.2) is 27.8 Å². The summed E-state index contributed by atoms with van der Waals surface area (Å²) in [5, 5.41) is 2.91. The number of fused-ring (bicyclic) bond motifs is 1. The summed E-state index contributed by atoms with van der Waals surface area (Å²) in [4.78, 5) is 38.5. The number of aromatic amines is 1. The Hall–Kier alpha value is -2.41. The maximum Gasteiger partial charge on any atom is 0.316 e. The van der Waals surface area contributed by atoms with E-state index in [4.69, 9.17) is 5.73 Å². The van der Waals surface area contributed by atoms with E-state index >= 15 is 0 Å². The minimum Gasteiger partial charge on any atom is -0.348 e. The van der Waals surface area contributed by atoms with Gasteiger partial charge in [-0.2, -0.15) is 0 Å². The summed E-state index contributed by atoms with van der Waals surface area (Å²) in [6.45, 7) is 6.68. The molecule has 130 valence electrons. The number of nitrogens with one attached hydrogen (secondary N) is 2. The largest absolute Gasteiger partial charge is 0.348 e. The lowest BCUT2D eigenvalue weighted by Gasteiger charge is -2.19. The second-order valence-electron chi connectivity index (χ2n) is 6.27. The van der Waals surface area contributed by atoms with Crippen molar-refractivity contribution in [2.75, 3.05) is 6.54 Å². The number of aryl methyl sites for hydroxylation is 1. The van der Waals surface area contributed by atoms with Gasteiger partial charge in [0, 0.05) is 24.7 Å². The third-order valence-corrected chi connectivity index (χ3v) is 3.93. The molecule has 0 saturated carbocycles. The number of carbonyl (C=O) groups is 1. The van der Waals surface area contributed by atoms with E-state index in [0.717, 1.165) is 6.42 Å². The Balaban J connectivity index is 2.37. The molecule has 0 aliphatic rings. The van der Waals surface area contributed by atoms with Gasteiger partial charge in [0.05, 0.1) is 11.0 Å². The highest BCUT2D eigenvalue weighted by atomic mass is 16.2. The molecule has 24 heavy (non-hydrogen) atoms. The number of benzene rings is 1. The van der Waals surface area contributed by atoms with E-state index in [0.29, 0.717) is 35.6 Å². The maximum absolute atomic E-state index is 12.4. The predicted molar refractivity (Wildman–Crippen MR) is 94.3 cm³/mol. The van der Waals surface area contributed by atoms with Crippen LogP contribution in [0, 0.1) is 5.92 Å². The van der Waals surface area contributed by atoms with Crippen molar-refractivity contribution in [3.63, 3.8) is 0 Å². The van der Waals surface area contributed by atoms with Crippen molar-refractivity contribution < 1.29 is 4.79 Å². The molecule has 1 unspecified atom stereocenters. The molecule has 0 radical (unpaired) electrons. The number of H-pyrrole nitrogens is 1. The lowest BCUT2D eigenvalue weighted by atomic mass is 10.0.